The lowest BCUT2D eigenvalue weighted by atomic mass is 10.0. The zero-order valence-electron chi connectivity index (χ0n) is 10.7. The van der Waals surface area contributed by atoms with Gasteiger partial charge in [0.15, 0.2) is 5.79 Å². The normalized spacial score (nSPS) is 23.1. The Hall–Kier alpha value is -0.490. The van der Waals surface area contributed by atoms with Crippen molar-refractivity contribution in [3.8, 4) is 0 Å². The Morgan fingerprint density at radius 3 is 2.53 bits per heavy atom. The molecular formula is C14H17BrFNO2. The van der Waals surface area contributed by atoms with E-state index in [9.17, 15) is 4.39 Å². The molecule has 2 heterocycles. The molecule has 5 heteroatoms. The summed E-state index contributed by atoms with van der Waals surface area (Å²) < 4.78 is 25.4. The summed E-state index contributed by atoms with van der Waals surface area (Å²) >= 11 is 3.17. The molecule has 0 unspecified atom stereocenters. The Kier molecular flexibility index (Phi) is 3.89. The van der Waals surface area contributed by atoms with E-state index in [-0.39, 0.29) is 11.6 Å². The summed E-state index contributed by atoms with van der Waals surface area (Å²) in [5.41, 5.74) is 1.00. The van der Waals surface area contributed by atoms with Crippen LogP contribution < -0.4 is 0 Å². The first-order chi connectivity index (χ1) is 9.17. The van der Waals surface area contributed by atoms with Crippen LogP contribution in [0.3, 0.4) is 0 Å². The lowest BCUT2D eigenvalue weighted by Crippen LogP contribution is -2.44. The maximum atomic E-state index is 13.5. The fourth-order valence-electron chi connectivity index (χ4n) is 2.73. The second kappa shape index (κ2) is 5.48. The number of hydrogen-bond acceptors (Lipinski definition) is 3. The van der Waals surface area contributed by atoms with Crippen LogP contribution >= 0.6 is 15.9 Å². The molecule has 104 valence electrons. The number of halogens is 2. The van der Waals surface area contributed by atoms with Gasteiger partial charge in [0.05, 0.1) is 17.7 Å². The third-order valence-electron chi connectivity index (χ3n) is 3.82. The van der Waals surface area contributed by atoms with E-state index < -0.39 is 0 Å². The van der Waals surface area contributed by atoms with E-state index in [1.54, 1.807) is 12.1 Å². The van der Waals surface area contributed by atoms with Gasteiger partial charge in [-0.15, -0.1) is 0 Å². The first-order valence-electron chi connectivity index (χ1n) is 6.61. The molecule has 0 aliphatic carbocycles. The summed E-state index contributed by atoms with van der Waals surface area (Å²) in [6, 6.07) is 5.32. The van der Waals surface area contributed by atoms with E-state index in [1.165, 1.54) is 0 Å². The molecule has 2 saturated heterocycles. The third-order valence-corrected chi connectivity index (χ3v) is 4.46. The van der Waals surface area contributed by atoms with Gasteiger partial charge in [-0.1, -0.05) is 6.07 Å². The second-order valence-electron chi connectivity index (χ2n) is 5.13. The van der Waals surface area contributed by atoms with Crippen LogP contribution in [0.2, 0.25) is 0 Å². The monoisotopic (exact) mass is 329 g/mol. The van der Waals surface area contributed by atoms with Gasteiger partial charge in [-0.05, 0) is 33.6 Å². The number of nitrogens with zero attached hydrogens (tertiary/aromatic N) is 1. The predicted octanol–water partition coefficient (Wildman–Crippen LogP) is 2.93. The number of hydrogen-bond donors (Lipinski definition) is 0. The van der Waals surface area contributed by atoms with Crippen LogP contribution in [0.25, 0.3) is 0 Å². The van der Waals surface area contributed by atoms with Crippen LogP contribution in [-0.2, 0) is 16.0 Å². The van der Waals surface area contributed by atoms with Gasteiger partial charge >= 0.3 is 0 Å². The SMILES string of the molecule is Fc1cc(CN2CCC3(CC2)OCCO3)ccc1Br. The quantitative estimate of drug-likeness (QED) is 0.832. The van der Waals surface area contributed by atoms with Crippen molar-refractivity contribution >= 4 is 15.9 Å². The van der Waals surface area contributed by atoms with E-state index >= 15 is 0 Å². The summed E-state index contributed by atoms with van der Waals surface area (Å²) in [6.07, 6.45) is 1.79. The summed E-state index contributed by atoms with van der Waals surface area (Å²) in [5, 5.41) is 0. The van der Waals surface area contributed by atoms with E-state index in [4.69, 9.17) is 9.47 Å². The predicted molar refractivity (Wildman–Crippen MR) is 73.2 cm³/mol. The first kappa shape index (κ1) is 13.5. The maximum absolute atomic E-state index is 13.5. The standard InChI is InChI=1S/C14H17BrFNO2/c15-12-2-1-11(9-13(12)16)10-17-5-3-14(4-6-17)18-7-8-19-14/h1-2,9H,3-8,10H2. The van der Waals surface area contributed by atoms with Crippen molar-refractivity contribution in [3.05, 3.63) is 34.1 Å². The number of benzene rings is 1. The molecule has 2 aliphatic heterocycles. The number of likely N-dealkylation sites (tertiary alicyclic amines) is 1. The van der Waals surface area contributed by atoms with Gasteiger partial charge in [0.25, 0.3) is 0 Å². The van der Waals surface area contributed by atoms with Crippen molar-refractivity contribution in [2.75, 3.05) is 26.3 Å². The van der Waals surface area contributed by atoms with Crippen LogP contribution in [0.15, 0.2) is 22.7 Å². The van der Waals surface area contributed by atoms with Gasteiger partial charge in [-0.2, -0.15) is 0 Å². The molecule has 3 nitrogen and oxygen atoms in total. The molecule has 0 radical (unpaired) electrons. The minimum atomic E-state index is -0.332. The Morgan fingerprint density at radius 2 is 1.89 bits per heavy atom. The fraction of sp³-hybridized carbons (Fsp3) is 0.571. The van der Waals surface area contributed by atoms with E-state index in [0.29, 0.717) is 17.7 Å². The number of ether oxygens (including phenoxy) is 2. The van der Waals surface area contributed by atoms with Crippen LogP contribution in [0.4, 0.5) is 4.39 Å². The van der Waals surface area contributed by atoms with Crippen molar-refractivity contribution in [1.82, 2.24) is 4.90 Å². The van der Waals surface area contributed by atoms with Crippen molar-refractivity contribution in [2.45, 2.75) is 25.2 Å². The average Bonchev–Trinajstić information content (AvgIpc) is 2.86. The summed E-state index contributed by atoms with van der Waals surface area (Å²) in [5.74, 6) is -0.532. The third kappa shape index (κ3) is 2.99. The Balaban J connectivity index is 1.58. The molecule has 0 saturated carbocycles. The van der Waals surface area contributed by atoms with Gasteiger partial charge in [0.1, 0.15) is 5.82 Å². The average molecular weight is 330 g/mol. The van der Waals surface area contributed by atoms with Gasteiger partial charge in [0, 0.05) is 32.5 Å². The smallest absolute Gasteiger partial charge is 0.170 e. The van der Waals surface area contributed by atoms with Crippen LogP contribution in [-0.4, -0.2) is 37.0 Å². The molecule has 2 aliphatic rings. The maximum Gasteiger partial charge on any atom is 0.170 e. The van der Waals surface area contributed by atoms with Gasteiger partial charge in [-0.25, -0.2) is 4.39 Å². The summed E-state index contributed by atoms with van der Waals surface area (Å²) in [6.45, 7) is 4.05. The molecule has 0 bridgehead atoms. The molecular weight excluding hydrogens is 313 g/mol. The van der Waals surface area contributed by atoms with Gasteiger partial charge in [0.2, 0.25) is 0 Å². The number of piperidine rings is 1. The molecule has 0 aromatic heterocycles. The lowest BCUT2D eigenvalue weighted by molar-refractivity contribution is -0.185. The molecule has 19 heavy (non-hydrogen) atoms. The van der Waals surface area contributed by atoms with Crippen LogP contribution in [0.1, 0.15) is 18.4 Å². The minimum absolute atomic E-state index is 0.201. The molecule has 3 rings (SSSR count). The molecule has 1 aromatic rings. The molecule has 0 atom stereocenters. The highest BCUT2D eigenvalue weighted by atomic mass is 79.9. The van der Waals surface area contributed by atoms with Crippen molar-refractivity contribution in [1.29, 1.82) is 0 Å². The summed E-state index contributed by atoms with van der Waals surface area (Å²) in [7, 11) is 0. The summed E-state index contributed by atoms with van der Waals surface area (Å²) in [4.78, 5) is 2.32. The zero-order chi connectivity index (χ0) is 13.3. The Bertz CT molecular complexity index is 453. The van der Waals surface area contributed by atoms with E-state index in [2.05, 4.69) is 20.8 Å². The highest BCUT2D eigenvalue weighted by Crippen LogP contribution is 2.31. The van der Waals surface area contributed by atoms with E-state index in [0.717, 1.165) is 38.0 Å². The molecule has 0 amide bonds. The zero-order valence-corrected chi connectivity index (χ0v) is 12.3. The van der Waals surface area contributed by atoms with Gasteiger partial charge < -0.3 is 9.47 Å². The van der Waals surface area contributed by atoms with Crippen LogP contribution in [0, 0.1) is 5.82 Å². The fourth-order valence-corrected chi connectivity index (χ4v) is 2.98. The largest absolute Gasteiger partial charge is 0.347 e. The number of rotatable bonds is 2. The van der Waals surface area contributed by atoms with Crippen molar-refractivity contribution in [2.24, 2.45) is 0 Å². The van der Waals surface area contributed by atoms with E-state index in [1.807, 2.05) is 6.07 Å². The van der Waals surface area contributed by atoms with Crippen molar-refractivity contribution < 1.29 is 13.9 Å². The van der Waals surface area contributed by atoms with Crippen LogP contribution in [0.5, 0.6) is 0 Å². The topological polar surface area (TPSA) is 21.7 Å². The lowest BCUT2D eigenvalue weighted by Gasteiger charge is -2.37. The highest BCUT2D eigenvalue weighted by Gasteiger charge is 2.39. The highest BCUT2D eigenvalue weighted by molar-refractivity contribution is 9.10. The molecule has 0 N–H and O–H groups in total. The van der Waals surface area contributed by atoms with Crippen molar-refractivity contribution in [3.63, 3.8) is 0 Å². The molecule has 1 spiro atoms. The molecule has 1 aromatic carbocycles. The Labute approximate surface area is 120 Å². The second-order valence-corrected chi connectivity index (χ2v) is 5.99. The first-order valence-corrected chi connectivity index (χ1v) is 7.40. The molecule has 2 fully saturated rings. The minimum Gasteiger partial charge on any atom is -0.347 e. The van der Waals surface area contributed by atoms with Gasteiger partial charge in [-0.3, -0.25) is 4.90 Å². The Morgan fingerprint density at radius 1 is 1.21 bits per heavy atom.